The molecule has 1 atom stereocenters. The topological polar surface area (TPSA) is 78.9 Å². The number of carbonyl (C=O) groups is 3. The number of ether oxygens (including phenoxy) is 3. The molecule has 0 aromatic carbocycles. The van der Waals surface area contributed by atoms with Crippen LogP contribution in [0.1, 0.15) is 194 Å². The molecule has 0 spiro atoms. The molecule has 0 aliphatic carbocycles. The molecule has 0 aliphatic heterocycles. The van der Waals surface area contributed by atoms with Gasteiger partial charge in [-0.05, 0) is 64.2 Å². The molecule has 0 saturated heterocycles. The summed E-state index contributed by atoms with van der Waals surface area (Å²) in [4.78, 5) is 37.9. The van der Waals surface area contributed by atoms with Crippen LogP contribution in [0.5, 0.6) is 0 Å². The van der Waals surface area contributed by atoms with Crippen LogP contribution in [0.2, 0.25) is 0 Å². The van der Waals surface area contributed by atoms with E-state index in [-0.39, 0.29) is 37.5 Å². The van der Waals surface area contributed by atoms with E-state index in [1.54, 1.807) is 0 Å². The van der Waals surface area contributed by atoms with Crippen molar-refractivity contribution in [2.45, 2.75) is 200 Å². The van der Waals surface area contributed by atoms with E-state index in [1.165, 1.54) is 57.8 Å². The van der Waals surface area contributed by atoms with E-state index in [9.17, 15) is 14.4 Å². The second-order valence-corrected chi connectivity index (χ2v) is 16.3. The average molecular weight is 883 g/mol. The first-order chi connectivity index (χ1) is 31.5. The van der Waals surface area contributed by atoms with Crippen LogP contribution in [0.15, 0.2) is 134 Å². The Hall–Kier alpha value is -4.45. The number of hydrogen-bond donors (Lipinski definition) is 0. The highest BCUT2D eigenvalue weighted by Gasteiger charge is 2.19. The van der Waals surface area contributed by atoms with Crippen molar-refractivity contribution in [3.63, 3.8) is 0 Å². The molecule has 0 N–H and O–H groups in total. The van der Waals surface area contributed by atoms with E-state index in [0.717, 1.165) is 96.3 Å². The number of unbranched alkanes of at least 4 members (excludes halogenated alkanes) is 19. The molecule has 0 bridgehead atoms. The second-order valence-electron chi connectivity index (χ2n) is 16.3. The van der Waals surface area contributed by atoms with Crippen molar-refractivity contribution < 1.29 is 28.6 Å². The number of rotatable bonds is 43. The van der Waals surface area contributed by atoms with E-state index in [0.29, 0.717) is 12.8 Å². The summed E-state index contributed by atoms with van der Waals surface area (Å²) in [5, 5.41) is 0. The van der Waals surface area contributed by atoms with E-state index in [2.05, 4.69) is 81.5 Å². The van der Waals surface area contributed by atoms with E-state index in [1.807, 2.05) is 72.9 Å². The van der Waals surface area contributed by atoms with Gasteiger partial charge in [0, 0.05) is 19.3 Å². The highest BCUT2D eigenvalue weighted by molar-refractivity contribution is 5.71. The Balaban J connectivity index is 4.53. The van der Waals surface area contributed by atoms with Crippen molar-refractivity contribution in [1.29, 1.82) is 0 Å². The van der Waals surface area contributed by atoms with Crippen LogP contribution in [0.3, 0.4) is 0 Å². The first-order valence-electron chi connectivity index (χ1n) is 25.3. The van der Waals surface area contributed by atoms with Crippen LogP contribution in [-0.2, 0) is 28.6 Å². The van der Waals surface area contributed by atoms with Gasteiger partial charge in [0.25, 0.3) is 0 Å². The Bertz CT molecular complexity index is 1430. The standard InChI is InChI=1S/C58H90O6/c1-4-7-10-13-16-19-21-23-25-27-29-31-32-34-36-39-42-45-48-51-57(60)63-54-55(53-62-56(59)50-47-44-41-38-18-15-12-9-6-3)64-58(61)52-49-46-43-40-37-35-33-30-28-26-24-22-20-17-14-11-8-5-2/h7,10,13,16-17,19-34,36,55H,4-6,8-9,11-12,14-15,18,35,37-54H2,1-3H3/b10-7-,16-13-,20-17-,21-19-,24-22-,25-23-,28-26-,29-27+,32-31-,33-30-,36-34-. The van der Waals surface area contributed by atoms with Gasteiger partial charge in [-0.1, -0.05) is 244 Å². The summed E-state index contributed by atoms with van der Waals surface area (Å²) in [5.41, 5.74) is 0. The molecule has 6 heteroatoms. The summed E-state index contributed by atoms with van der Waals surface area (Å²) < 4.78 is 16.7. The molecule has 0 rings (SSSR count). The summed E-state index contributed by atoms with van der Waals surface area (Å²) in [5.74, 6) is -0.990. The van der Waals surface area contributed by atoms with Gasteiger partial charge in [-0.2, -0.15) is 0 Å². The van der Waals surface area contributed by atoms with Crippen molar-refractivity contribution in [1.82, 2.24) is 0 Å². The first kappa shape index (κ1) is 59.5. The maximum Gasteiger partial charge on any atom is 0.306 e. The molecular formula is C58H90O6. The smallest absolute Gasteiger partial charge is 0.306 e. The van der Waals surface area contributed by atoms with Gasteiger partial charge in [0.05, 0.1) is 0 Å². The van der Waals surface area contributed by atoms with Gasteiger partial charge < -0.3 is 14.2 Å². The molecular weight excluding hydrogens is 793 g/mol. The van der Waals surface area contributed by atoms with Crippen LogP contribution in [0.4, 0.5) is 0 Å². The first-order valence-corrected chi connectivity index (χ1v) is 25.3. The summed E-state index contributed by atoms with van der Waals surface area (Å²) >= 11 is 0. The van der Waals surface area contributed by atoms with Crippen molar-refractivity contribution >= 4 is 17.9 Å². The van der Waals surface area contributed by atoms with Crippen molar-refractivity contribution in [2.24, 2.45) is 0 Å². The summed E-state index contributed by atoms with van der Waals surface area (Å²) in [6.45, 7) is 6.35. The van der Waals surface area contributed by atoms with Crippen LogP contribution in [0.25, 0.3) is 0 Å². The maximum atomic E-state index is 12.8. The van der Waals surface area contributed by atoms with Gasteiger partial charge in [-0.3, -0.25) is 14.4 Å². The molecule has 0 aromatic heterocycles. The average Bonchev–Trinajstić information content (AvgIpc) is 3.29. The molecule has 64 heavy (non-hydrogen) atoms. The predicted molar refractivity (Wildman–Crippen MR) is 274 cm³/mol. The third kappa shape index (κ3) is 48.6. The van der Waals surface area contributed by atoms with Crippen LogP contribution < -0.4 is 0 Å². The Morgan fingerprint density at radius 1 is 0.328 bits per heavy atom. The van der Waals surface area contributed by atoms with Gasteiger partial charge in [0.15, 0.2) is 6.10 Å². The monoisotopic (exact) mass is 883 g/mol. The number of hydrogen-bond acceptors (Lipinski definition) is 6. The molecule has 0 aliphatic rings. The predicted octanol–water partition coefficient (Wildman–Crippen LogP) is 16.7. The molecule has 358 valence electrons. The minimum atomic E-state index is -0.812. The van der Waals surface area contributed by atoms with Crippen molar-refractivity contribution in [3.8, 4) is 0 Å². The van der Waals surface area contributed by atoms with Crippen LogP contribution in [0, 0.1) is 0 Å². The zero-order chi connectivity index (χ0) is 46.5. The largest absolute Gasteiger partial charge is 0.462 e. The van der Waals surface area contributed by atoms with Crippen molar-refractivity contribution in [2.75, 3.05) is 13.2 Å². The zero-order valence-electron chi connectivity index (χ0n) is 40.7. The summed E-state index contributed by atoms with van der Waals surface area (Å²) in [6.07, 6.45) is 71.4. The third-order valence-electron chi connectivity index (χ3n) is 10.2. The van der Waals surface area contributed by atoms with Crippen LogP contribution >= 0.6 is 0 Å². The van der Waals surface area contributed by atoms with Gasteiger partial charge in [0.2, 0.25) is 0 Å². The number of allylic oxidation sites excluding steroid dienone is 22. The SMILES string of the molecule is CC\C=C/C=C\C=C/C=C\C=C\C=C/C=C\CCCCCC(=O)OCC(COC(=O)CCCCCCCCCCC)OC(=O)CCCCCCC\C=C/C=C\C=C/C=C\CCCCC. The fourth-order valence-electron chi connectivity index (χ4n) is 6.38. The van der Waals surface area contributed by atoms with E-state index < -0.39 is 6.10 Å². The number of carbonyl (C=O) groups excluding carboxylic acids is 3. The quantitative estimate of drug-likeness (QED) is 0.0263. The minimum absolute atomic E-state index is 0.107. The maximum absolute atomic E-state index is 12.8. The highest BCUT2D eigenvalue weighted by atomic mass is 16.6. The lowest BCUT2D eigenvalue weighted by Gasteiger charge is -2.18. The van der Waals surface area contributed by atoms with E-state index >= 15 is 0 Å². The molecule has 6 nitrogen and oxygen atoms in total. The van der Waals surface area contributed by atoms with Gasteiger partial charge in [0.1, 0.15) is 13.2 Å². The second kappa shape index (κ2) is 51.2. The fourth-order valence-corrected chi connectivity index (χ4v) is 6.38. The molecule has 0 saturated carbocycles. The number of esters is 3. The summed E-state index contributed by atoms with van der Waals surface area (Å²) in [7, 11) is 0. The Labute approximate surface area is 392 Å². The third-order valence-corrected chi connectivity index (χ3v) is 10.2. The molecule has 0 heterocycles. The molecule has 0 fully saturated rings. The minimum Gasteiger partial charge on any atom is -0.462 e. The van der Waals surface area contributed by atoms with Gasteiger partial charge >= 0.3 is 17.9 Å². The molecule has 0 amide bonds. The highest BCUT2D eigenvalue weighted by Crippen LogP contribution is 2.13. The molecule has 1 unspecified atom stereocenters. The van der Waals surface area contributed by atoms with Crippen LogP contribution in [-0.4, -0.2) is 37.2 Å². The van der Waals surface area contributed by atoms with Gasteiger partial charge in [-0.25, -0.2) is 0 Å². The lowest BCUT2D eigenvalue weighted by atomic mass is 10.1. The lowest BCUT2D eigenvalue weighted by molar-refractivity contribution is -0.167. The zero-order valence-corrected chi connectivity index (χ0v) is 40.7. The van der Waals surface area contributed by atoms with E-state index in [4.69, 9.17) is 14.2 Å². The normalized spacial score (nSPS) is 13.2. The molecule has 0 radical (unpaired) electrons. The van der Waals surface area contributed by atoms with Gasteiger partial charge in [-0.15, -0.1) is 0 Å². The Morgan fingerprint density at radius 3 is 1.00 bits per heavy atom. The Morgan fingerprint density at radius 2 is 0.609 bits per heavy atom. The Kier molecular flexibility index (Phi) is 47.6. The molecule has 0 aromatic rings. The van der Waals surface area contributed by atoms with Crippen molar-refractivity contribution in [3.05, 3.63) is 134 Å². The fraction of sp³-hybridized carbons (Fsp3) is 0.569. The lowest BCUT2D eigenvalue weighted by Crippen LogP contribution is -2.30. The summed E-state index contributed by atoms with van der Waals surface area (Å²) in [6, 6.07) is 0.